The van der Waals surface area contributed by atoms with Crippen LogP contribution in [0, 0.1) is 0 Å². The molecule has 0 unspecified atom stereocenters. The Morgan fingerprint density at radius 2 is 1.78 bits per heavy atom. The maximum atomic E-state index is 11.4. The minimum atomic E-state index is -0.438. The van der Waals surface area contributed by atoms with Gasteiger partial charge < -0.3 is 10.1 Å². The molecule has 0 aromatic rings. The quantitative estimate of drug-likeness (QED) is 0.746. The molecule has 104 valence electrons. The number of allylic oxidation sites excluding steroid dienone is 3. The van der Waals surface area contributed by atoms with Crippen molar-refractivity contribution in [2.75, 3.05) is 6.54 Å². The van der Waals surface area contributed by atoms with E-state index in [2.05, 4.69) is 32.2 Å². The molecule has 0 heterocycles. The Kier molecular flexibility index (Phi) is 7.41. The van der Waals surface area contributed by atoms with Crippen LogP contribution in [0.5, 0.6) is 0 Å². The van der Waals surface area contributed by atoms with Crippen molar-refractivity contribution in [1.82, 2.24) is 5.32 Å². The second kappa shape index (κ2) is 7.96. The largest absolute Gasteiger partial charge is 0.444 e. The van der Waals surface area contributed by atoms with Crippen molar-refractivity contribution >= 4 is 6.09 Å². The third-order valence-electron chi connectivity index (χ3n) is 2.19. The van der Waals surface area contributed by atoms with Crippen LogP contribution in [0.3, 0.4) is 0 Å². The average molecular weight is 253 g/mol. The van der Waals surface area contributed by atoms with Crippen molar-refractivity contribution in [1.29, 1.82) is 0 Å². The van der Waals surface area contributed by atoms with E-state index in [4.69, 9.17) is 4.74 Å². The van der Waals surface area contributed by atoms with Gasteiger partial charge in [-0.25, -0.2) is 4.79 Å². The van der Waals surface area contributed by atoms with Crippen molar-refractivity contribution in [2.45, 2.75) is 60.0 Å². The molecular weight excluding hydrogens is 226 g/mol. The number of rotatable bonds is 5. The summed E-state index contributed by atoms with van der Waals surface area (Å²) in [5.74, 6) is 0. The van der Waals surface area contributed by atoms with Gasteiger partial charge in [-0.3, -0.25) is 0 Å². The molecule has 0 spiro atoms. The Balaban J connectivity index is 3.87. The highest BCUT2D eigenvalue weighted by atomic mass is 16.6. The molecule has 1 N–H and O–H groups in total. The van der Waals surface area contributed by atoms with Crippen LogP contribution in [0.1, 0.15) is 54.4 Å². The van der Waals surface area contributed by atoms with E-state index in [1.54, 1.807) is 0 Å². The summed E-state index contributed by atoms with van der Waals surface area (Å²) in [6.07, 6.45) is 5.97. The predicted octanol–water partition coefficient (Wildman–Crippen LogP) is 4.20. The summed E-state index contributed by atoms with van der Waals surface area (Å²) in [6, 6.07) is 0. The molecule has 1 amide bonds. The number of hydrogen-bond donors (Lipinski definition) is 1. The first kappa shape index (κ1) is 16.8. The van der Waals surface area contributed by atoms with Crippen LogP contribution in [0.25, 0.3) is 0 Å². The van der Waals surface area contributed by atoms with Crippen molar-refractivity contribution in [3.8, 4) is 0 Å². The molecule has 3 heteroatoms. The minimum Gasteiger partial charge on any atom is -0.444 e. The smallest absolute Gasteiger partial charge is 0.407 e. The van der Waals surface area contributed by atoms with E-state index in [1.807, 2.05) is 26.8 Å². The highest BCUT2D eigenvalue weighted by Crippen LogP contribution is 2.07. The van der Waals surface area contributed by atoms with E-state index in [-0.39, 0.29) is 6.09 Å². The molecule has 0 bridgehead atoms. The van der Waals surface area contributed by atoms with Gasteiger partial charge in [-0.15, -0.1) is 0 Å². The maximum Gasteiger partial charge on any atom is 0.407 e. The number of ether oxygens (including phenoxy) is 1. The molecule has 0 atom stereocenters. The number of hydrogen-bond acceptors (Lipinski definition) is 2. The van der Waals surface area contributed by atoms with Crippen molar-refractivity contribution in [3.05, 3.63) is 23.3 Å². The third-order valence-corrected chi connectivity index (χ3v) is 2.19. The van der Waals surface area contributed by atoms with E-state index in [0.29, 0.717) is 6.54 Å². The number of carbonyl (C=O) groups is 1. The van der Waals surface area contributed by atoms with E-state index >= 15 is 0 Å². The fourth-order valence-electron chi connectivity index (χ4n) is 1.31. The lowest BCUT2D eigenvalue weighted by Crippen LogP contribution is -2.32. The zero-order valence-electron chi connectivity index (χ0n) is 12.6. The summed E-state index contributed by atoms with van der Waals surface area (Å²) >= 11 is 0. The fourth-order valence-corrected chi connectivity index (χ4v) is 1.31. The molecule has 0 saturated heterocycles. The Morgan fingerprint density at radius 3 is 2.28 bits per heavy atom. The van der Waals surface area contributed by atoms with Gasteiger partial charge in [0.1, 0.15) is 5.60 Å². The van der Waals surface area contributed by atoms with Crippen LogP contribution < -0.4 is 5.32 Å². The third kappa shape index (κ3) is 11.2. The Bertz CT molecular complexity index is 318. The van der Waals surface area contributed by atoms with Crippen molar-refractivity contribution in [3.63, 3.8) is 0 Å². The van der Waals surface area contributed by atoms with Gasteiger partial charge in [-0.2, -0.15) is 0 Å². The van der Waals surface area contributed by atoms with Gasteiger partial charge in [0.15, 0.2) is 0 Å². The summed E-state index contributed by atoms with van der Waals surface area (Å²) in [5.41, 5.74) is 2.19. The first-order chi connectivity index (χ1) is 8.20. The normalized spacial score (nSPS) is 12.0. The Morgan fingerprint density at radius 1 is 1.17 bits per heavy atom. The van der Waals surface area contributed by atoms with Gasteiger partial charge in [0, 0.05) is 6.54 Å². The molecule has 0 aliphatic carbocycles. The average Bonchev–Trinajstić information content (AvgIpc) is 2.13. The van der Waals surface area contributed by atoms with Gasteiger partial charge in [-0.05, 0) is 54.4 Å². The topological polar surface area (TPSA) is 38.3 Å². The second-order valence-electron chi connectivity index (χ2n) is 5.75. The van der Waals surface area contributed by atoms with Gasteiger partial charge >= 0.3 is 6.09 Å². The summed E-state index contributed by atoms with van der Waals surface area (Å²) in [4.78, 5) is 11.4. The monoisotopic (exact) mass is 253 g/mol. The van der Waals surface area contributed by atoms with Crippen LogP contribution in [0.15, 0.2) is 23.3 Å². The minimum absolute atomic E-state index is 0.365. The summed E-state index contributed by atoms with van der Waals surface area (Å²) in [7, 11) is 0. The van der Waals surface area contributed by atoms with E-state index in [0.717, 1.165) is 12.8 Å². The van der Waals surface area contributed by atoms with Crippen LogP contribution in [-0.2, 0) is 4.74 Å². The molecule has 18 heavy (non-hydrogen) atoms. The SMILES string of the molecule is CC(C)=CCC/C(C)=C/CNC(=O)OC(C)(C)C. The second-order valence-corrected chi connectivity index (χ2v) is 5.75. The number of amides is 1. The fraction of sp³-hybridized carbons (Fsp3) is 0.667. The van der Waals surface area contributed by atoms with E-state index < -0.39 is 5.60 Å². The van der Waals surface area contributed by atoms with E-state index in [9.17, 15) is 4.79 Å². The summed E-state index contributed by atoms with van der Waals surface area (Å²) in [6.45, 7) is 12.4. The van der Waals surface area contributed by atoms with Crippen molar-refractivity contribution in [2.24, 2.45) is 0 Å². The number of alkyl carbamates (subject to hydrolysis) is 1. The molecule has 0 aromatic carbocycles. The highest BCUT2D eigenvalue weighted by molar-refractivity contribution is 5.67. The highest BCUT2D eigenvalue weighted by Gasteiger charge is 2.14. The number of nitrogens with one attached hydrogen (secondary N) is 1. The Labute approximate surface area is 111 Å². The molecule has 0 fully saturated rings. The standard InChI is InChI=1S/C15H27NO2/c1-12(2)8-7-9-13(3)10-11-16-14(17)18-15(4,5)6/h8,10H,7,9,11H2,1-6H3,(H,16,17)/b13-10+. The van der Waals surface area contributed by atoms with Crippen LogP contribution in [-0.4, -0.2) is 18.2 Å². The maximum absolute atomic E-state index is 11.4. The molecule has 0 aliphatic rings. The van der Waals surface area contributed by atoms with Crippen molar-refractivity contribution < 1.29 is 9.53 Å². The summed E-state index contributed by atoms with van der Waals surface area (Å²) < 4.78 is 5.14. The molecular formula is C15H27NO2. The molecule has 0 aliphatic heterocycles. The van der Waals surface area contributed by atoms with Crippen LogP contribution in [0.2, 0.25) is 0 Å². The van der Waals surface area contributed by atoms with Gasteiger partial charge in [0.2, 0.25) is 0 Å². The van der Waals surface area contributed by atoms with Gasteiger partial charge in [-0.1, -0.05) is 23.3 Å². The van der Waals surface area contributed by atoms with Crippen LogP contribution in [0.4, 0.5) is 4.79 Å². The lowest BCUT2D eigenvalue weighted by atomic mass is 10.1. The molecule has 0 saturated carbocycles. The van der Waals surface area contributed by atoms with E-state index in [1.165, 1.54) is 11.1 Å². The van der Waals surface area contributed by atoms with Crippen LogP contribution >= 0.6 is 0 Å². The Hall–Kier alpha value is -1.25. The molecule has 0 aromatic heterocycles. The lowest BCUT2D eigenvalue weighted by Gasteiger charge is -2.19. The first-order valence-corrected chi connectivity index (χ1v) is 6.46. The molecule has 0 rings (SSSR count). The zero-order chi connectivity index (χ0) is 14.2. The number of carbonyl (C=O) groups excluding carboxylic acids is 1. The lowest BCUT2D eigenvalue weighted by molar-refractivity contribution is 0.0534. The molecule has 0 radical (unpaired) electrons. The van der Waals surface area contributed by atoms with Gasteiger partial charge in [0.05, 0.1) is 0 Å². The zero-order valence-corrected chi connectivity index (χ0v) is 12.6. The predicted molar refractivity (Wildman–Crippen MR) is 76.7 cm³/mol. The van der Waals surface area contributed by atoms with Gasteiger partial charge in [0.25, 0.3) is 0 Å². The molecule has 3 nitrogen and oxygen atoms in total. The first-order valence-electron chi connectivity index (χ1n) is 6.46. The summed E-state index contributed by atoms with van der Waals surface area (Å²) in [5, 5.41) is 2.72.